The molecule has 0 bridgehead atoms. The molecule has 0 saturated carbocycles. The molecule has 0 N–H and O–H groups in total. The summed E-state index contributed by atoms with van der Waals surface area (Å²) in [4.78, 5) is 0. The van der Waals surface area contributed by atoms with E-state index in [0.29, 0.717) is 0 Å². The predicted molar refractivity (Wildman–Crippen MR) is 116 cm³/mol. The second kappa shape index (κ2) is 10.6. The van der Waals surface area contributed by atoms with Crippen LogP contribution in [0.25, 0.3) is 0 Å². The first kappa shape index (κ1) is 29.7. The fourth-order valence-corrected chi connectivity index (χ4v) is 5.98. The van der Waals surface area contributed by atoms with Crippen LogP contribution in [0.2, 0.25) is 23.0 Å². The third-order valence-electron chi connectivity index (χ3n) is 6.12. The maximum absolute atomic E-state index is 2.59. The van der Waals surface area contributed by atoms with E-state index >= 15 is 0 Å². The minimum Gasteiger partial charge on any atom is -1.00 e. The fraction of sp³-hybridized carbons (Fsp3) is 0.360. The SMILES string of the molecule is CC(C)(C)C(C1=C[C]([Ti+3])([Si](C)(C)C)C=C1)(c1ccccc1)c1ccccc1.[Cl-].[Cl-].[Cl-]. The molecule has 2 aromatic rings. The molecule has 0 aromatic heterocycles. The van der Waals surface area contributed by atoms with E-state index in [1.807, 2.05) is 0 Å². The van der Waals surface area contributed by atoms with Crippen LogP contribution in [0.3, 0.4) is 0 Å². The van der Waals surface area contributed by atoms with Gasteiger partial charge in [-0.1, -0.05) is 0 Å². The van der Waals surface area contributed by atoms with Gasteiger partial charge in [0.15, 0.2) is 0 Å². The van der Waals surface area contributed by atoms with Crippen molar-refractivity contribution < 1.29 is 57.7 Å². The summed E-state index contributed by atoms with van der Waals surface area (Å²) in [5.74, 6) is 0. The van der Waals surface area contributed by atoms with Crippen molar-refractivity contribution in [1.82, 2.24) is 0 Å². The molecule has 0 spiro atoms. The Balaban J connectivity index is 0.00000280. The van der Waals surface area contributed by atoms with Gasteiger partial charge in [0.2, 0.25) is 0 Å². The fourth-order valence-electron chi connectivity index (χ4n) is 4.44. The standard InChI is InChI=1S/C25H31Si.3ClH.Ti/c1-24(2,3)25(20-13-9-7-10-14-20,21-15-11-8-12-16-21)22-17-18-23(19-22)26(4,5)6;;;;/h7-19H,1-6H3;3*1H;/q;;;;+3/p-3. The maximum Gasteiger partial charge on any atom is -1.00 e. The van der Waals surface area contributed by atoms with E-state index in [1.54, 1.807) is 0 Å². The molecule has 1 unspecified atom stereocenters. The minimum atomic E-state index is -1.39. The van der Waals surface area contributed by atoms with Gasteiger partial charge >= 0.3 is 179 Å². The third kappa shape index (κ3) is 5.03. The van der Waals surface area contributed by atoms with Gasteiger partial charge in [0.1, 0.15) is 0 Å². The largest absolute Gasteiger partial charge is 1.00 e. The van der Waals surface area contributed by atoms with Gasteiger partial charge in [-0.3, -0.25) is 0 Å². The van der Waals surface area contributed by atoms with Crippen molar-refractivity contribution in [3.05, 3.63) is 95.6 Å². The van der Waals surface area contributed by atoms with Crippen LogP contribution in [-0.4, -0.2) is 8.07 Å². The molecule has 0 amide bonds. The second-order valence-electron chi connectivity index (χ2n) is 9.78. The first-order valence-corrected chi connectivity index (χ1v) is 14.1. The van der Waals surface area contributed by atoms with Gasteiger partial charge in [-0.25, -0.2) is 0 Å². The average molecular weight is 514 g/mol. The van der Waals surface area contributed by atoms with Crippen molar-refractivity contribution in [2.45, 2.75) is 49.2 Å². The molecule has 0 heterocycles. The van der Waals surface area contributed by atoms with Crippen LogP contribution in [0.5, 0.6) is 0 Å². The summed E-state index contributed by atoms with van der Waals surface area (Å²) >= 11 is 2.42. The van der Waals surface area contributed by atoms with E-state index in [-0.39, 0.29) is 51.4 Å². The van der Waals surface area contributed by atoms with E-state index in [9.17, 15) is 0 Å². The summed E-state index contributed by atoms with van der Waals surface area (Å²) in [6, 6.07) is 22.2. The van der Waals surface area contributed by atoms with Crippen LogP contribution in [0, 0.1) is 5.41 Å². The molecule has 0 radical (unpaired) electrons. The first-order chi connectivity index (χ1) is 12.5. The van der Waals surface area contributed by atoms with Crippen molar-refractivity contribution in [1.29, 1.82) is 0 Å². The van der Waals surface area contributed by atoms with Gasteiger partial charge in [0.05, 0.1) is 0 Å². The van der Waals surface area contributed by atoms with Crippen LogP contribution in [0.15, 0.2) is 84.5 Å². The molecule has 2 aromatic carbocycles. The Morgan fingerprint density at radius 2 is 1.13 bits per heavy atom. The first-order valence-electron chi connectivity index (χ1n) is 9.81. The Morgan fingerprint density at radius 3 is 1.43 bits per heavy atom. The van der Waals surface area contributed by atoms with Crippen molar-refractivity contribution >= 4 is 8.07 Å². The van der Waals surface area contributed by atoms with Gasteiger partial charge in [-0.2, -0.15) is 0 Å². The predicted octanol–water partition coefficient (Wildman–Crippen LogP) is -1.89. The molecule has 0 aliphatic heterocycles. The normalized spacial score (nSPS) is 18.6. The van der Waals surface area contributed by atoms with Gasteiger partial charge < -0.3 is 37.2 Å². The number of hydrogen-bond donors (Lipinski definition) is 0. The third-order valence-corrected chi connectivity index (χ3v) is 12.9. The zero-order chi connectivity index (χ0) is 19.9. The number of halogens is 3. The maximum atomic E-state index is 2.59. The molecule has 160 valence electrons. The molecule has 0 saturated heterocycles. The zero-order valence-corrected chi connectivity index (χ0v) is 23.5. The molecular weight excluding hydrogens is 483 g/mol. The minimum absolute atomic E-state index is 0. The molecule has 0 fully saturated rings. The van der Waals surface area contributed by atoms with Gasteiger partial charge in [0.25, 0.3) is 0 Å². The smallest absolute Gasteiger partial charge is 1.00 e. The van der Waals surface area contributed by atoms with Gasteiger partial charge in [-0.05, 0) is 0 Å². The molecule has 0 nitrogen and oxygen atoms in total. The van der Waals surface area contributed by atoms with Crippen molar-refractivity contribution in [2.24, 2.45) is 5.41 Å². The summed E-state index contributed by atoms with van der Waals surface area (Å²) in [7, 11) is -1.39. The Kier molecular flexibility index (Phi) is 10.5. The summed E-state index contributed by atoms with van der Waals surface area (Å²) < 4.78 is 0.183. The van der Waals surface area contributed by atoms with E-state index in [2.05, 4.69) is 140 Å². The molecule has 30 heavy (non-hydrogen) atoms. The Labute approximate surface area is 214 Å². The van der Waals surface area contributed by atoms with Gasteiger partial charge in [-0.15, -0.1) is 0 Å². The summed E-state index contributed by atoms with van der Waals surface area (Å²) in [5, 5.41) is 0. The second-order valence-corrected chi connectivity index (χ2v) is 17.2. The monoisotopic (exact) mass is 512 g/mol. The number of benzene rings is 2. The zero-order valence-electron chi connectivity index (χ0n) is 18.6. The summed E-state index contributed by atoms with van der Waals surface area (Å²) in [6.07, 6.45) is 7.48. The molecule has 3 rings (SSSR count). The average Bonchev–Trinajstić information content (AvgIpc) is 3.00. The van der Waals surface area contributed by atoms with Crippen LogP contribution >= 0.6 is 0 Å². The van der Waals surface area contributed by atoms with E-state index in [0.717, 1.165) is 0 Å². The summed E-state index contributed by atoms with van der Waals surface area (Å²) in [6.45, 7) is 14.6. The van der Waals surface area contributed by atoms with Crippen LogP contribution < -0.4 is 37.2 Å². The number of rotatable bonds is 4. The quantitative estimate of drug-likeness (QED) is 0.420. The van der Waals surface area contributed by atoms with Crippen LogP contribution in [-0.2, 0) is 25.9 Å². The molecule has 5 heteroatoms. The molecule has 1 atom stereocenters. The molecule has 1 aliphatic carbocycles. The Morgan fingerprint density at radius 1 is 0.733 bits per heavy atom. The Hall–Kier alpha value is -0.279. The Bertz CT molecular complexity index is 825. The van der Waals surface area contributed by atoms with Crippen LogP contribution in [0.4, 0.5) is 0 Å². The molecular formula is C25H31Cl3SiTi. The van der Waals surface area contributed by atoms with Crippen molar-refractivity contribution in [2.75, 3.05) is 0 Å². The number of allylic oxidation sites excluding steroid dienone is 4. The summed E-state index contributed by atoms with van der Waals surface area (Å²) in [5.41, 5.74) is 4.04. The van der Waals surface area contributed by atoms with Crippen LogP contribution in [0.1, 0.15) is 31.9 Å². The van der Waals surface area contributed by atoms with Crippen molar-refractivity contribution in [3.63, 3.8) is 0 Å². The van der Waals surface area contributed by atoms with E-state index in [1.165, 1.54) is 16.7 Å². The van der Waals surface area contributed by atoms with E-state index in [4.69, 9.17) is 0 Å². The van der Waals surface area contributed by atoms with Gasteiger partial charge in [0, 0.05) is 0 Å². The van der Waals surface area contributed by atoms with E-state index < -0.39 is 8.07 Å². The topological polar surface area (TPSA) is 0 Å². The van der Waals surface area contributed by atoms with Crippen molar-refractivity contribution in [3.8, 4) is 0 Å². The molecule has 1 aliphatic rings. The number of hydrogen-bond acceptors (Lipinski definition) is 0.